The summed E-state index contributed by atoms with van der Waals surface area (Å²) in [7, 11) is 0. The van der Waals surface area contributed by atoms with E-state index >= 15 is 0 Å². The van der Waals surface area contributed by atoms with Crippen molar-refractivity contribution in [3.63, 3.8) is 0 Å². The van der Waals surface area contributed by atoms with Gasteiger partial charge in [-0.15, -0.1) is 0 Å². The number of carbonyl (C=O) groups excluding carboxylic acids is 1. The zero-order chi connectivity index (χ0) is 14.6. The first-order valence-corrected chi connectivity index (χ1v) is 6.31. The van der Waals surface area contributed by atoms with Crippen molar-refractivity contribution in [2.24, 2.45) is 5.41 Å². The smallest absolute Gasteiger partial charge is 0.326 e. The van der Waals surface area contributed by atoms with Gasteiger partial charge >= 0.3 is 12.0 Å². The monoisotopic (exact) mass is 258 g/mol. The highest BCUT2D eigenvalue weighted by Gasteiger charge is 2.33. The predicted octanol–water partition coefficient (Wildman–Crippen LogP) is 2.36. The van der Waals surface area contributed by atoms with Crippen LogP contribution in [0.1, 0.15) is 54.4 Å². The molecule has 1 atom stereocenters. The first-order chi connectivity index (χ1) is 7.99. The van der Waals surface area contributed by atoms with E-state index in [-0.39, 0.29) is 5.54 Å². The number of amides is 2. The standard InChI is InChI=1S/C13H26N2O3/c1-7-8-13(5,6)15-11(18)14-9(10(16)17)12(2,3)4/h9H,7-8H2,1-6H3,(H,16,17)(H2,14,15,18)/t9-/m0/s1. The summed E-state index contributed by atoms with van der Waals surface area (Å²) in [6.07, 6.45) is 1.79. The predicted molar refractivity (Wildman–Crippen MR) is 71.5 cm³/mol. The second-order valence-electron chi connectivity index (χ2n) is 6.37. The summed E-state index contributed by atoms with van der Waals surface area (Å²) in [6.45, 7) is 11.2. The van der Waals surface area contributed by atoms with Gasteiger partial charge in [-0.2, -0.15) is 0 Å². The number of urea groups is 1. The Hall–Kier alpha value is -1.26. The molecule has 5 heteroatoms. The molecule has 0 heterocycles. The van der Waals surface area contributed by atoms with Crippen LogP contribution in [-0.2, 0) is 4.79 Å². The maximum atomic E-state index is 11.8. The Bertz CT molecular complexity index is 306. The SMILES string of the molecule is CCCC(C)(C)NC(=O)N[C@@H](C(=O)O)C(C)(C)C. The summed E-state index contributed by atoms with van der Waals surface area (Å²) in [5.41, 5.74) is -0.863. The minimum Gasteiger partial charge on any atom is -0.480 e. The van der Waals surface area contributed by atoms with Crippen LogP contribution >= 0.6 is 0 Å². The van der Waals surface area contributed by atoms with E-state index in [1.807, 2.05) is 20.8 Å². The molecule has 0 fully saturated rings. The molecule has 0 aliphatic carbocycles. The molecule has 0 saturated carbocycles. The Morgan fingerprint density at radius 1 is 1.17 bits per heavy atom. The molecule has 0 rings (SSSR count). The van der Waals surface area contributed by atoms with E-state index in [0.717, 1.165) is 12.8 Å². The average Bonchev–Trinajstić information content (AvgIpc) is 2.10. The number of hydrogen-bond acceptors (Lipinski definition) is 2. The molecule has 18 heavy (non-hydrogen) atoms. The van der Waals surface area contributed by atoms with E-state index in [2.05, 4.69) is 10.6 Å². The van der Waals surface area contributed by atoms with Crippen molar-refractivity contribution in [3.05, 3.63) is 0 Å². The van der Waals surface area contributed by atoms with E-state index < -0.39 is 23.5 Å². The van der Waals surface area contributed by atoms with Gasteiger partial charge in [0.15, 0.2) is 0 Å². The van der Waals surface area contributed by atoms with Gasteiger partial charge in [0.25, 0.3) is 0 Å². The number of hydrogen-bond donors (Lipinski definition) is 3. The molecule has 0 aliphatic heterocycles. The second-order valence-corrected chi connectivity index (χ2v) is 6.37. The van der Waals surface area contributed by atoms with Gasteiger partial charge < -0.3 is 15.7 Å². The molecule has 2 amide bonds. The lowest BCUT2D eigenvalue weighted by Gasteiger charge is -2.31. The summed E-state index contributed by atoms with van der Waals surface area (Å²) in [6, 6.07) is -1.34. The molecule has 0 aromatic heterocycles. The number of carboxylic acid groups (broad SMARTS) is 1. The van der Waals surface area contributed by atoms with Crippen LogP contribution in [0.4, 0.5) is 4.79 Å². The Labute approximate surface area is 109 Å². The van der Waals surface area contributed by atoms with Crippen LogP contribution in [0.2, 0.25) is 0 Å². The third-order valence-electron chi connectivity index (χ3n) is 2.72. The molecule has 106 valence electrons. The highest BCUT2D eigenvalue weighted by molar-refractivity contribution is 5.83. The zero-order valence-corrected chi connectivity index (χ0v) is 12.3. The fourth-order valence-electron chi connectivity index (χ4n) is 1.81. The Morgan fingerprint density at radius 2 is 1.67 bits per heavy atom. The van der Waals surface area contributed by atoms with Gasteiger partial charge in [-0.25, -0.2) is 9.59 Å². The average molecular weight is 258 g/mol. The maximum Gasteiger partial charge on any atom is 0.326 e. The molecular weight excluding hydrogens is 232 g/mol. The van der Waals surface area contributed by atoms with Gasteiger partial charge in [0.2, 0.25) is 0 Å². The molecule has 0 unspecified atom stereocenters. The highest BCUT2D eigenvalue weighted by atomic mass is 16.4. The van der Waals surface area contributed by atoms with Crippen LogP contribution in [0, 0.1) is 5.41 Å². The van der Waals surface area contributed by atoms with Crippen molar-refractivity contribution in [1.29, 1.82) is 0 Å². The van der Waals surface area contributed by atoms with Gasteiger partial charge in [-0.05, 0) is 25.7 Å². The Kier molecular flexibility index (Phi) is 5.64. The van der Waals surface area contributed by atoms with E-state index in [9.17, 15) is 9.59 Å². The fraction of sp³-hybridized carbons (Fsp3) is 0.846. The van der Waals surface area contributed by atoms with Crippen molar-refractivity contribution >= 4 is 12.0 Å². The van der Waals surface area contributed by atoms with Gasteiger partial charge in [0, 0.05) is 5.54 Å². The molecule has 3 N–H and O–H groups in total. The molecule has 0 bridgehead atoms. The largest absolute Gasteiger partial charge is 0.480 e. The zero-order valence-electron chi connectivity index (χ0n) is 12.3. The van der Waals surface area contributed by atoms with Gasteiger partial charge in [-0.3, -0.25) is 0 Å². The van der Waals surface area contributed by atoms with E-state index in [1.165, 1.54) is 0 Å². The highest BCUT2D eigenvalue weighted by Crippen LogP contribution is 2.19. The van der Waals surface area contributed by atoms with E-state index in [4.69, 9.17) is 5.11 Å². The number of rotatable bonds is 5. The summed E-state index contributed by atoms with van der Waals surface area (Å²) >= 11 is 0. The van der Waals surface area contributed by atoms with Crippen LogP contribution in [-0.4, -0.2) is 28.7 Å². The van der Waals surface area contributed by atoms with Crippen molar-refractivity contribution in [2.45, 2.75) is 66.0 Å². The minimum atomic E-state index is -1.02. The van der Waals surface area contributed by atoms with Crippen LogP contribution in [0.15, 0.2) is 0 Å². The second kappa shape index (κ2) is 6.07. The molecule has 0 radical (unpaired) electrons. The number of nitrogens with one attached hydrogen (secondary N) is 2. The molecular formula is C13H26N2O3. The third kappa shape index (κ3) is 5.89. The third-order valence-corrected chi connectivity index (χ3v) is 2.72. The Morgan fingerprint density at radius 3 is 2.00 bits per heavy atom. The molecule has 0 aromatic carbocycles. The summed E-state index contributed by atoms with van der Waals surface area (Å²) < 4.78 is 0. The van der Waals surface area contributed by atoms with Gasteiger partial charge in [0.05, 0.1) is 0 Å². The van der Waals surface area contributed by atoms with Crippen LogP contribution in [0.25, 0.3) is 0 Å². The van der Waals surface area contributed by atoms with Crippen LogP contribution < -0.4 is 10.6 Å². The van der Waals surface area contributed by atoms with Gasteiger partial charge in [0.1, 0.15) is 6.04 Å². The topological polar surface area (TPSA) is 78.4 Å². The number of carboxylic acids is 1. The first kappa shape index (κ1) is 16.7. The maximum absolute atomic E-state index is 11.8. The quantitative estimate of drug-likeness (QED) is 0.708. The fourth-order valence-corrected chi connectivity index (χ4v) is 1.81. The Balaban J connectivity index is 4.59. The lowest BCUT2D eigenvalue weighted by Crippen LogP contribution is -2.56. The van der Waals surface area contributed by atoms with Crippen molar-refractivity contribution < 1.29 is 14.7 Å². The number of aliphatic carboxylic acids is 1. The summed E-state index contributed by atoms with van der Waals surface area (Å²) in [5, 5.41) is 14.4. The van der Waals surface area contributed by atoms with E-state index in [1.54, 1.807) is 20.8 Å². The normalized spacial score (nSPS) is 13.9. The lowest BCUT2D eigenvalue weighted by molar-refractivity contribution is -0.141. The van der Waals surface area contributed by atoms with Gasteiger partial charge in [-0.1, -0.05) is 34.1 Å². The van der Waals surface area contributed by atoms with Crippen LogP contribution in [0.3, 0.4) is 0 Å². The lowest BCUT2D eigenvalue weighted by atomic mass is 9.87. The molecule has 5 nitrogen and oxygen atoms in total. The summed E-state index contributed by atoms with van der Waals surface area (Å²) in [4.78, 5) is 22.9. The number of carbonyl (C=O) groups is 2. The van der Waals surface area contributed by atoms with Crippen molar-refractivity contribution in [1.82, 2.24) is 10.6 Å². The molecule has 0 spiro atoms. The van der Waals surface area contributed by atoms with Crippen LogP contribution in [0.5, 0.6) is 0 Å². The van der Waals surface area contributed by atoms with Crippen molar-refractivity contribution in [2.75, 3.05) is 0 Å². The summed E-state index contributed by atoms with van der Waals surface area (Å²) in [5.74, 6) is -1.02. The molecule has 0 aliphatic rings. The first-order valence-electron chi connectivity index (χ1n) is 6.31. The van der Waals surface area contributed by atoms with Crippen molar-refractivity contribution in [3.8, 4) is 0 Å². The molecule has 0 aromatic rings. The minimum absolute atomic E-state index is 0.334. The molecule has 0 saturated heterocycles. The van der Waals surface area contributed by atoms with E-state index in [0.29, 0.717) is 0 Å².